The monoisotopic (exact) mass is 338 g/mol. The van der Waals surface area contributed by atoms with E-state index < -0.39 is 0 Å². The molecule has 2 aromatic carbocycles. The second kappa shape index (κ2) is 5.98. The molecular weight excluding hydrogens is 324 g/mol. The van der Waals surface area contributed by atoms with Crippen LogP contribution in [0, 0.1) is 13.8 Å². The van der Waals surface area contributed by atoms with E-state index in [2.05, 4.69) is 41.9 Å². The average molecular weight is 340 g/mol. The lowest BCUT2D eigenvalue weighted by Gasteiger charge is -2.16. The summed E-state index contributed by atoms with van der Waals surface area (Å²) in [6.45, 7) is 4.21. The lowest BCUT2D eigenvalue weighted by molar-refractivity contribution is 0.414. The molecule has 1 nitrogen and oxygen atoms in total. The third-order valence-electron chi connectivity index (χ3n) is 3.40. The molecule has 0 aromatic heterocycles. The third kappa shape index (κ3) is 2.96. The van der Waals surface area contributed by atoms with E-state index in [1.54, 1.807) is 7.11 Å². The molecule has 0 spiro atoms. The highest BCUT2D eigenvalue weighted by molar-refractivity contribution is 9.10. The van der Waals surface area contributed by atoms with Gasteiger partial charge < -0.3 is 4.74 Å². The van der Waals surface area contributed by atoms with E-state index in [4.69, 9.17) is 16.3 Å². The van der Waals surface area contributed by atoms with Crippen LogP contribution in [0.15, 0.2) is 40.9 Å². The Bertz CT molecular complexity index is 595. The summed E-state index contributed by atoms with van der Waals surface area (Å²) in [7, 11) is 1.66. The first kappa shape index (κ1) is 14.4. The van der Waals surface area contributed by atoms with Gasteiger partial charge in [-0.05, 0) is 48.2 Å². The van der Waals surface area contributed by atoms with Crippen molar-refractivity contribution in [1.82, 2.24) is 0 Å². The number of hydrogen-bond donors (Lipinski definition) is 0. The van der Waals surface area contributed by atoms with E-state index in [1.165, 1.54) is 11.1 Å². The van der Waals surface area contributed by atoms with Crippen LogP contribution < -0.4 is 4.74 Å². The molecule has 19 heavy (non-hydrogen) atoms. The molecule has 3 heteroatoms. The van der Waals surface area contributed by atoms with Gasteiger partial charge in [0.1, 0.15) is 5.75 Å². The van der Waals surface area contributed by atoms with Crippen LogP contribution in [0.25, 0.3) is 0 Å². The van der Waals surface area contributed by atoms with Crippen LogP contribution in [0.4, 0.5) is 0 Å². The quantitative estimate of drug-likeness (QED) is 0.680. The molecule has 1 unspecified atom stereocenters. The van der Waals surface area contributed by atoms with Gasteiger partial charge in [0.05, 0.1) is 12.5 Å². The summed E-state index contributed by atoms with van der Waals surface area (Å²) in [5.74, 6) is 0.820. The lowest BCUT2D eigenvalue weighted by Crippen LogP contribution is -1.99. The molecule has 0 aliphatic carbocycles. The van der Waals surface area contributed by atoms with Gasteiger partial charge in [0.15, 0.2) is 0 Å². The Kier molecular flexibility index (Phi) is 4.54. The van der Waals surface area contributed by atoms with E-state index in [0.717, 1.165) is 21.3 Å². The van der Waals surface area contributed by atoms with Gasteiger partial charge in [-0.3, -0.25) is 0 Å². The minimum atomic E-state index is -0.166. The van der Waals surface area contributed by atoms with Crippen molar-refractivity contribution in [2.75, 3.05) is 7.11 Å². The molecule has 0 N–H and O–H groups in total. The highest BCUT2D eigenvalue weighted by Gasteiger charge is 2.17. The number of alkyl halides is 1. The fourth-order valence-corrected chi connectivity index (χ4v) is 3.20. The molecule has 0 saturated heterocycles. The Hall–Kier alpha value is -0.990. The van der Waals surface area contributed by atoms with Crippen molar-refractivity contribution in [1.29, 1.82) is 0 Å². The highest BCUT2D eigenvalue weighted by atomic mass is 79.9. The molecule has 0 radical (unpaired) electrons. The van der Waals surface area contributed by atoms with Crippen molar-refractivity contribution < 1.29 is 4.74 Å². The summed E-state index contributed by atoms with van der Waals surface area (Å²) >= 11 is 10.2. The van der Waals surface area contributed by atoms with E-state index in [-0.39, 0.29) is 5.38 Å². The van der Waals surface area contributed by atoms with Gasteiger partial charge in [-0.25, -0.2) is 0 Å². The number of rotatable bonds is 3. The van der Waals surface area contributed by atoms with Crippen molar-refractivity contribution in [2.45, 2.75) is 19.2 Å². The zero-order valence-electron chi connectivity index (χ0n) is 11.2. The van der Waals surface area contributed by atoms with Crippen LogP contribution in [-0.2, 0) is 0 Å². The normalized spacial score (nSPS) is 12.3. The zero-order chi connectivity index (χ0) is 14.0. The molecule has 0 saturated carbocycles. The van der Waals surface area contributed by atoms with Crippen molar-refractivity contribution in [2.24, 2.45) is 0 Å². The van der Waals surface area contributed by atoms with Crippen LogP contribution in [0.3, 0.4) is 0 Å². The number of hydrogen-bond acceptors (Lipinski definition) is 1. The fraction of sp³-hybridized carbons (Fsp3) is 0.250. The molecule has 2 rings (SSSR count). The maximum absolute atomic E-state index is 6.64. The molecule has 2 aromatic rings. The number of benzene rings is 2. The van der Waals surface area contributed by atoms with Gasteiger partial charge in [0.2, 0.25) is 0 Å². The summed E-state index contributed by atoms with van der Waals surface area (Å²) in [5.41, 5.74) is 4.70. The maximum Gasteiger partial charge on any atom is 0.120 e. The van der Waals surface area contributed by atoms with Crippen LogP contribution in [-0.4, -0.2) is 7.11 Å². The molecule has 0 bridgehead atoms. The largest absolute Gasteiger partial charge is 0.497 e. The van der Waals surface area contributed by atoms with Crippen LogP contribution in [0.1, 0.15) is 27.6 Å². The minimum Gasteiger partial charge on any atom is -0.497 e. The van der Waals surface area contributed by atoms with Crippen molar-refractivity contribution in [3.05, 3.63) is 63.1 Å². The van der Waals surface area contributed by atoms with Crippen LogP contribution >= 0.6 is 27.5 Å². The topological polar surface area (TPSA) is 9.23 Å². The maximum atomic E-state index is 6.64. The predicted molar refractivity (Wildman–Crippen MR) is 84.3 cm³/mol. The van der Waals surface area contributed by atoms with Gasteiger partial charge in [0, 0.05) is 4.47 Å². The number of methoxy groups -OCH3 is 1. The van der Waals surface area contributed by atoms with E-state index in [9.17, 15) is 0 Å². The molecule has 0 heterocycles. The first-order valence-corrected chi connectivity index (χ1v) is 7.31. The number of halogens is 2. The standard InChI is InChI=1S/C16H16BrClO/c1-10-5-4-6-13(11(10)2)16(18)14-8-7-12(19-3)9-15(14)17/h4-9,16H,1-3H3. The number of ether oxygens (including phenoxy) is 1. The Morgan fingerprint density at radius 3 is 2.47 bits per heavy atom. The van der Waals surface area contributed by atoms with Gasteiger partial charge >= 0.3 is 0 Å². The molecule has 100 valence electrons. The molecular formula is C16H16BrClO. The van der Waals surface area contributed by atoms with Gasteiger partial charge in [-0.15, -0.1) is 11.6 Å². The average Bonchev–Trinajstić information content (AvgIpc) is 2.41. The SMILES string of the molecule is COc1ccc(C(Cl)c2cccc(C)c2C)c(Br)c1. The summed E-state index contributed by atoms with van der Waals surface area (Å²) in [4.78, 5) is 0. The second-order valence-corrected chi connectivity index (χ2v) is 5.83. The van der Waals surface area contributed by atoms with Crippen molar-refractivity contribution in [3.8, 4) is 5.75 Å². The second-order valence-electron chi connectivity index (χ2n) is 4.54. The first-order valence-electron chi connectivity index (χ1n) is 6.08. The summed E-state index contributed by atoms with van der Waals surface area (Å²) in [5, 5.41) is -0.166. The third-order valence-corrected chi connectivity index (χ3v) is 4.56. The Labute approximate surface area is 127 Å². The summed E-state index contributed by atoms with van der Waals surface area (Å²) < 4.78 is 6.17. The number of aryl methyl sites for hydroxylation is 1. The summed E-state index contributed by atoms with van der Waals surface area (Å²) in [6.07, 6.45) is 0. The Morgan fingerprint density at radius 2 is 1.84 bits per heavy atom. The fourth-order valence-electron chi connectivity index (χ4n) is 2.06. The molecule has 1 atom stereocenters. The Morgan fingerprint density at radius 1 is 1.11 bits per heavy atom. The zero-order valence-corrected chi connectivity index (χ0v) is 13.5. The van der Waals surface area contributed by atoms with Crippen LogP contribution in [0.5, 0.6) is 5.75 Å². The van der Waals surface area contributed by atoms with E-state index >= 15 is 0 Å². The smallest absolute Gasteiger partial charge is 0.120 e. The van der Waals surface area contributed by atoms with Gasteiger partial charge in [-0.1, -0.05) is 40.2 Å². The molecule has 0 aliphatic rings. The molecule has 0 amide bonds. The minimum absolute atomic E-state index is 0.166. The van der Waals surface area contributed by atoms with Gasteiger partial charge in [-0.2, -0.15) is 0 Å². The molecule has 0 aliphatic heterocycles. The van der Waals surface area contributed by atoms with Crippen LogP contribution in [0.2, 0.25) is 0 Å². The highest BCUT2D eigenvalue weighted by Crippen LogP contribution is 2.37. The van der Waals surface area contributed by atoms with E-state index in [1.807, 2.05) is 24.3 Å². The summed E-state index contributed by atoms with van der Waals surface area (Å²) in [6, 6.07) is 12.1. The van der Waals surface area contributed by atoms with Crippen molar-refractivity contribution >= 4 is 27.5 Å². The van der Waals surface area contributed by atoms with Gasteiger partial charge in [0.25, 0.3) is 0 Å². The molecule has 0 fully saturated rings. The lowest BCUT2D eigenvalue weighted by atomic mass is 9.97. The first-order chi connectivity index (χ1) is 9.04. The Balaban J connectivity index is 2.44. The van der Waals surface area contributed by atoms with E-state index in [0.29, 0.717) is 0 Å². The van der Waals surface area contributed by atoms with Crippen molar-refractivity contribution in [3.63, 3.8) is 0 Å². The predicted octanol–water partition coefficient (Wildman–Crippen LogP) is 5.40.